The molecule has 136 valence electrons. The van der Waals surface area contributed by atoms with E-state index in [9.17, 15) is 9.59 Å². The molecule has 0 aromatic heterocycles. The van der Waals surface area contributed by atoms with Crippen molar-refractivity contribution in [3.63, 3.8) is 0 Å². The van der Waals surface area contributed by atoms with E-state index in [0.717, 1.165) is 12.0 Å². The lowest BCUT2D eigenvalue weighted by atomic mass is 9.72. The molecule has 0 radical (unpaired) electrons. The number of hydrogen-bond donors (Lipinski definition) is 2. The maximum atomic E-state index is 10.9. The van der Waals surface area contributed by atoms with Crippen molar-refractivity contribution in [3.8, 4) is 0 Å². The van der Waals surface area contributed by atoms with Gasteiger partial charge in [0.1, 0.15) is 5.57 Å². The Balaban J connectivity index is 2.94. The van der Waals surface area contributed by atoms with Crippen LogP contribution in [0.1, 0.15) is 53.9 Å². The van der Waals surface area contributed by atoms with Gasteiger partial charge in [-0.15, -0.1) is 0 Å². The molecule has 1 rings (SSSR count). The molecule has 0 amide bonds. The van der Waals surface area contributed by atoms with Crippen LogP contribution in [-0.2, 0) is 9.59 Å². The highest BCUT2D eigenvalue weighted by Gasteiger charge is 2.26. The van der Waals surface area contributed by atoms with E-state index in [2.05, 4.69) is 26.8 Å². The molecule has 1 aliphatic rings. The average Bonchev–Trinajstić information content (AvgIpc) is 2.45. The largest absolute Gasteiger partial charge is 0.477 e. The lowest BCUT2D eigenvalue weighted by Gasteiger charge is -2.32. The van der Waals surface area contributed by atoms with E-state index < -0.39 is 17.5 Å². The number of allylic oxidation sites excluding steroid dienone is 9. The zero-order valence-corrected chi connectivity index (χ0v) is 15.7. The predicted molar refractivity (Wildman–Crippen MR) is 100 cm³/mol. The summed E-state index contributed by atoms with van der Waals surface area (Å²) in [6, 6.07) is 0. The lowest BCUT2D eigenvalue weighted by Crippen LogP contribution is -2.19. The van der Waals surface area contributed by atoms with Crippen molar-refractivity contribution in [2.24, 2.45) is 5.41 Å². The second-order valence-corrected chi connectivity index (χ2v) is 7.20. The smallest absolute Gasteiger partial charge is 0.343 e. The monoisotopic (exact) mass is 344 g/mol. The first kappa shape index (κ1) is 20.7. The Morgan fingerprint density at radius 3 is 2.20 bits per heavy atom. The fourth-order valence-corrected chi connectivity index (χ4v) is 3.14. The summed E-state index contributed by atoms with van der Waals surface area (Å²) in [5.74, 6) is -2.87. The number of carboxylic acid groups (broad SMARTS) is 2. The molecule has 1 aliphatic carbocycles. The Bertz CT molecular complexity index is 681. The Hall–Kier alpha value is -2.36. The van der Waals surface area contributed by atoms with Crippen molar-refractivity contribution in [3.05, 3.63) is 58.2 Å². The minimum atomic E-state index is -1.43. The topological polar surface area (TPSA) is 74.6 Å². The zero-order chi connectivity index (χ0) is 19.2. The van der Waals surface area contributed by atoms with Crippen LogP contribution in [0.2, 0.25) is 0 Å². The van der Waals surface area contributed by atoms with Crippen molar-refractivity contribution in [2.75, 3.05) is 0 Å². The summed E-state index contributed by atoms with van der Waals surface area (Å²) >= 11 is 0. The van der Waals surface area contributed by atoms with Gasteiger partial charge in [0.05, 0.1) is 0 Å². The normalized spacial score (nSPS) is 18.0. The molecular formula is C21H28O4. The predicted octanol–water partition coefficient (Wildman–Crippen LogP) is 5.06. The van der Waals surface area contributed by atoms with E-state index in [0.29, 0.717) is 0 Å². The number of hydrogen-bond acceptors (Lipinski definition) is 2. The van der Waals surface area contributed by atoms with Crippen LogP contribution in [0.5, 0.6) is 0 Å². The van der Waals surface area contributed by atoms with E-state index in [1.165, 1.54) is 37.0 Å². The van der Waals surface area contributed by atoms with Gasteiger partial charge >= 0.3 is 11.9 Å². The summed E-state index contributed by atoms with van der Waals surface area (Å²) < 4.78 is 0. The van der Waals surface area contributed by atoms with Gasteiger partial charge in [-0.1, -0.05) is 55.4 Å². The van der Waals surface area contributed by atoms with Crippen molar-refractivity contribution < 1.29 is 19.8 Å². The van der Waals surface area contributed by atoms with E-state index in [1.807, 2.05) is 19.1 Å². The number of rotatable bonds is 6. The van der Waals surface area contributed by atoms with Gasteiger partial charge in [-0.25, -0.2) is 9.59 Å². The first-order chi connectivity index (χ1) is 11.6. The summed E-state index contributed by atoms with van der Waals surface area (Å²) in [5, 5.41) is 17.8. The van der Waals surface area contributed by atoms with Gasteiger partial charge in [-0.05, 0) is 56.6 Å². The average molecular weight is 344 g/mol. The van der Waals surface area contributed by atoms with Gasteiger partial charge in [0.25, 0.3) is 0 Å². The highest BCUT2D eigenvalue weighted by molar-refractivity contribution is 6.13. The molecule has 0 unspecified atom stereocenters. The second-order valence-electron chi connectivity index (χ2n) is 7.20. The second kappa shape index (κ2) is 8.65. The maximum absolute atomic E-state index is 10.9. The molecule has 0 aromatic carbocycles. The molecular weight excluding hydrogens is 316 g/mol. The third-order valence-electron chi connectivity index (χ3n) is 4.58. The highest BCUT2D eigenvalue weighted by atomic mass is 16.4. The molecule has 4 nitrogen and oxygen atoms in total. The first-order valence-corrected chi connectivity index (χ1v) is 8.47. The van der Waals surface area contributed by atoms with E-state index in [1.54, 1.807) is 6.08 Å². The van der Waals surface area contributed by atoms with Gasteiger partial charge in [0.15, 0.2) is 0 Å². The standard InChI is InChI=1S/C21H28O4/c1-14(8-6-9-16(3)18(19(22)23)20(24)25)11-12-17-15(2)10-7-13-21(17,4)5/h6,8-9,11-12H,7,10,13H2,1-5H3,(H,22,23)(H,24,25). The minimum absolute atomic E-state index is 0.187. The van der Waals surface area contributed by atoms with Crippen molar-refractivity contribution in [1.82, 2.24) is 0 Å². The van der Waals surface area contributed by atoms with Crippen LogP contribution in [0.25, 0.3) is 0 Å². The van der Waals surface area contributed by atoms with E-state index in [4.69, 9.17) is 10.2 Å². The molecule has 0 saturated heterocycles. The molecule has 25 heavy (non-hydrogen) atoms. The van der Waals surface area contributed by atoms with Crippen LogP contribution in [0.4, 0.5) is 0 Å². The molecule has 0 atom stereocenters. The minimum Gasteiger partial charge on any atom is -0.477 e. The summed E-state index contributed by atoms with van der Waals surface area (Å²) in [5.41, 5.74) is 3.61. The number of carbonyl (C=O) groups is 2. The molecule has 0 fully saturated rings. The van der Waals surface area contributed by atoms with E-state index in [-0.39, 0.29) is 11.0 Å². The van der Waals surface area contributed by atoms with Gasteiger partial charge in [0, 0.05) is 0 Å². The zero-order valence-electron chi connectivity index (χ0n) is 15.7. The molecule has 4 heteroatoms. The van der Waals surface area contributed by atoms with Crippen molar-refractivity contribution in [2.45, 2.75) is 53.9 Å². The van der Waals surface area contributed by atoms with Gasteiger partial charge in [0.2, 0.25) is 0 Å². The Morgan fingerprint density at radius 1 is 1.08 bits per heavy atom. The van der Waals surface area contributed by atoms with Crippen LogP contribution in [0, 0.1) is 5.41 Å². The fourth-order valence-electron chi connectivity index (χ4n) is 3.14. The van der Waals surface area contributed by atoms with E-state index >= 15 is 0 Å². The van der Waals surface area contributed by atoms with Crippen LogP contribution in [0.15, 0.2) is 58.2 Å². The molecule has 0 heterocycles. The molecule has 0 saturated carbocycles. The molecule has 0 spiro atoms. The first-order valence-electron chi connectivity index (χ1n) is 8.47. The summed E-state index contributed by atoms with van der Waals surface area (Å²) in [7, 11) is 0. The third kappa shape index (κ3) is 5.89. The SMILES string of the molecule is CC(C=CC1=C(C)CCCC1(C)C)=CC=CC(C)=C(C(=O)O)C(=O)O. The molecule has 0 aromatic rings. The van der Waals surface area contributed by atoms with Crippen LogP contribution in [0.3, 0.4) is 0 Å². The summed E-state index contributed by atoms with van der Waals surface area (Å²) in [6.45, 7) is 10.2. The van der Waals surface area contributed by atoms with Gasteiger partial charge < -0.3 is 10.2 Å². The van der Waals surface area contributed by atoms with Crippen LogP contribution < -0.4 is 0 Å². The highest BCUT2D eigenvalue weighted by Crippen LogP contribution is 2.40. The molecule has 0 aliphatic heterocycles. The molecule has 2 N–H and O–H groups in total. The lowest BCUT2D eigenvalue weighted by molar-refractivity contribution is -0.140. The van der Waals surface area contributed by atoms with Crippen LogP contribution in [-0.4, -0.2) is 22.2 Å². The molecule has 0 bridgehead atoms. The maximum Gasteiger partial charge on any atom is 0.343 e. The Kier molecular flexibility index (Phi) is 7.16. The summed E-state index contributed by atoms with van der Waals surface area (Å²) in [6.07, 6.45) is 12.8. The van der Waals surface area contributed by atoms with Gasteiger partial charge in [-0.3, -0.25) is 0 Å². The van der Waals surface area contributed by atoms with Crippen LogP contribution >= 0.6 is 0 Å². The third-order valence-corrected chi connectivity index (χ3v) is 4.58. The quantitative estimate of drug-likeness (QED) is 0.306. The van der Waals surface area contributed by atoms with Crippen molar-refractivity contribution >= 4 is 11.9 Å². The van der Waals surface area contributed by atoms with Gasteiger partial charge in [-0.2, -0.15) is 0 Å². The Morgan fingerprint density at radius 2 is 1.68 bits per heavy atom. The number of aliphatic carboxylic acids is 2. The Labute approximate surface area is 149 Å². The van der Waals surface area contributed by atoms with Crippen molar-refractivity contribution in [1.29, 1.82) is 0 Å². The summed E-state index contributed by atoms with van der Waals surface area (Å²) in [4.78, 5) is 21.9. The number of carboxylic acids is 2. The fraction of sp³-hybridized carbons (Fsp3) is 0.429.